The number of methoxy groups -OCH3 is 1. The minimum Gasteiger partial charge on any atom is -0.507 e. The van der Waals surface area contributed by atoms with Gasteiger partial charge in [0.1, 0.15) is 11.6 Å². The maximum Gasteiger partial charge on any atom is 0.173 e. The molecule has 11 rings (SSSR count). The van der Waals surface area contributed by atoms with Crippen LogP contribution in [-0.2, 0) is 27.8 Å². The zero-order valence-electron chi connectivity index (χ0n) is 50.0. The maximum atomic E-state index is 15.6. The van der Waals surface area contributed by atoms with Crippen molar-refractivity contribution in [3.63, 3.8) is 0 Å². The molecular formula is C73H88N4O8. The summed E-state index contributed by atoms with van der Waals surface area (Å²) >= 11 is 0. The molecule has 4 aliphatic carbocycles. The number of ether oxygens (including phenoxy) is 1. The highest BCUT2D eigenvalue weighted by molar-refractivity contribution is 6.06. The van der Waals surface area contributed by atoms with Gasteiger partial charge in [-0.1, -0.05) is 118 Å². The molecule has 13 unspecified atom stereocenters. The van der Waals surface area contributed by atoms with E-state index in [1.165, 1.54) is 7.11 Å². The highest BCUT2D eigenvalue weighted by Gasteiger charge is 2.55. The summed E-state index contributed by atoms with van der Waals surface area (Å²) in [6.45, 7) is 5.94. The van der Waals surface area contributed by atoms with Crippen LogP contribution in [0.2, 0.25) is 0 Å². The quantitative estimate of drug-likeness (QED) is 0.0446. The number of anilines is 1. The van der Waals surface area contributed by atoms with Crippen LogP contribution in [0, 0.1) is 65.1 Å². The first kappa shape index (κ1) is 59.9. The first-order valence-corrected chi connectivity index (χ1v) is 31.9. The van der Waals surface area contributed by atoms with Gasteiger partial charge >= 0.3 is 0 Å². The topological polar surface area (TPSA) is 196 Å². The van der Waals surface area contributed by atoms with Crippen LogP contribution in [0.15, 0.2) is 109 Å². The van der Waals surface area contributed by atoms with Crippen LogP contribution in [0.25, 0.3) is 10.8 Å². The Labute approximate surface area is 502 Å². The van der Waals surface area contributed by atoms with Crippen LogP contribution in [-0.4, -0.2) is 87.1 Å². The number of fused-ring (bicyclic) bond motifs is 11. The number of rotatable bonds is 6. The van der Waals surface area contributed by atoms with E-state index in [9.17, 15) is 30.3 Å². The van der Waals surface area contributed by atoms with Gasteiger partial charge in [-0.25, -0.2) is 0 Å². The summed E-state index contributed by atoms with van der Waals surface area (Å²) in [6, 6.07) is 25.5. The van der Waals surface area contributed by atoms with Crippen LogP contribution >= 0.6 is 0 Å². The lowest BCUT2D eigenvalue weighted by atomic mass is 9.54. The standard InChI is InChI=1S/C73H88N4O8/c1-4-5-9-14-46-19-25-56-17-12-6-7-13-18-60-54-33-48(32-51-23-27-59(49-15-10-8-11-16-49)61-40-65(80)66(85-3)37-52(61)24-28-64(79)71(83)70(82)62(51)36-54)31-47-29-30-75-68(34-47)77-57-26-22-50-20-21-53(69(81)63(50)39-57)35-58(78)44-74-42-45(2)55-38-67(76-43-55)73(56,41-46)72(60)84/h8,10-11,15-16,20-22,26,29,34,37-40,43,45-46,48,51,54,56,58-60,62,71-72,74-78,80-81,83-84H,4-7,9,13-14,18-19,24-25,28,30-33,35-36,41-42,44H2,1-3H3. The van der Waals surface area contributed by atoms with Crippen molar-refractivity contribution in [2.24, 2.45) is 41.4 Å². The number of aromatic hydroxyl groups is 2. The summed E-state index contributed by atoms with van der Waals surface area (Å²) in [5.74, 6) is 12.9. The number of unbranched alkanes of at least 4 members (excludes halogenated alkanes) is 2. The number of aromatic nitrogens is 1. The zero-order chi connectivity index (χ0) is 59.2. The van der Waals surface area contributed by atoms with Crippen molar-refractivity contribution in [3.05, 3.63) is 142 Å². The smallest absolute Gasteiger partial charge is 0.173 e. The van der Waals surface area contributed by atoms with E-state index in [2.05, 4.69) is 82.9 Å². The number of hydrogen-bond acceptors (Lipinski definition) is 11. The number of aryl methyl sites for hydroxylation is 1. The number of Topliss-reactive ketones (excluding diaryl/α,β-unsaturated/α-hetero) is 2. The number of hydrogen-bond donors (Lipinski definition) is 9. The van der Waals surface area contributed by atoms with Crippen LogP contribution in [0.5, 0.6) is 17.2 Å². The summed E-state index contributed by atoms with van der Waals surface area (Å²) < 4.78 is 5.58. The number of allylic oxidation sites excluding steroid dienone is 2. The van der Waals surface area contributed by atoms with Gasteiger partial charge in [-0.05, 0) is 169 Å². The van der Waals surface area contributed by atoms with Crippen molar-refractivity contribution in [1.82, 2.24) is 15.6 Å². The van der Waals surface area contributed by atoms with Gasteiger partial charge in [0.25, 0.3) is 0 Å². The van der Waals surface area contributed by atoms with E-state index in [0.29, 0.717) is 62.2 Å². The molecule has 13 atom stereocenters. The molecule has 6 aliphatic rings. The fourth-order valence-corrected chi connectivity index (χ4v) is 15.7. The molecule has 2 saturated carbocycles. The second-order valence-corrected chi connectivity index (χ2v) is 25.9. The lowest BCUT2D eigenvalue weighted by molar-refractivity contribution is -0.142. The molecule has 2 aliphatic heterocycles. The molecular weight excluding hydrogens is 1060 g/mol. The Morgan fingerprint density at radius 3 is 2.51 bits per heavy atom. The SMILES string of the molecule is CCCCCC1CCC2C#CCCCCC3C4CC(CC5=CCNC(=C5)Nc5ccc6ccc(c(O)c6c5)CC(O)CNCC(C)c5c[nH]c(c5)C2(C1)C3O)CC1C#CC(c2ccccc2)c2cc(O)c(OC)cc2CCC(=O)C(O)C(=O)C1C4. The van der Waals surface area contributed by atoms with Crippen LogP contribution in [0.4, 0.5) is 5.69 Å². The van der Waals surface area contributed by atoms with Crippen molar-refractivity contribution < 1.29 is 39.9 Å². The van der Waals surface area contributed by atoms with Crippen molar-refractivity contribution in [3.8, 4) is 40.9 Å². The molecule has 11 bridgehead atoms. The van der Waals surface area contributed by atoms with Crippen molar-refractivity contribution in [2.45, 2.75) is 165 Å². The number of aliphatic hydroxyl groups is 3. The normalized spacial score (nSPS) is 30.3. The second kappa shape index (κ2) is 26.9. The second-order valence-electron chi connectivity index (χ2n) is 25.9. The number of carbonyl (C=O) groups is 2. The average Bonchev–Trinajstić information content (AvgIpc) is 2.84. The number of nitrogens with one attached hydrogen (secondary N) is 4. The number of H-pyrrole nitrogens is 1. The zero-order valence-corrected chi connectivity index (χ0v) is 50.0. The monoisotopic (exact) mass is 1150 g/mol. The molecule has 12 nitrogen and oxygen atoms in total. The van der Waals surface area contributed by atoms with E-state index in [4.69, 9.17) is 4.74 Å². The fraction of sp³-hybridized carbons (Fsp3) is 0.507. The molecule has 4 aromatic carbocycles. The van der Waals surface area contributed by atoms with Gasteiger partial charge in [0.05, 0.1) is 30.7 Å². The highest BCUT2D eigenvalue weighted by atomic mass is 16.5. The molecule has 1 spiro atoms. The number of aliphatic hydroxyl groups excluding tert-OH is 3. The number of aromatic amines is 1. The molecule has 0 radical (unpaired) electrons. The first-order chi connectivity index (χ1) is 41.3. The molecule has 5 aromatic rings. The molecule has 1 aromatic heterocycles. The Morgan fingerprint density at radius 1 is 0.824 bits per heavy atom. The van der Waals surface area contributed by atoms with E-state index in [-0.39, 0.29) is 66.1 Å². The van der Waals surface area contributed by atoms with Gasteiger partial charge in [-0.2, -0.15) is 0 Å². The third-order valence-electron chi connectivity index (χ3n) is 20.3. The van der Waals surface area contributed by atoms with Crippen molar-refractivity contribution in [2.75, 3.05) is 32.1 Å². The molecule has 12 heteroatoms. The van der Waals surface area contributed by atoms with Gasteiger partial charge in [0, 0.05) is 79.6 Å². The third kappa shape index (κ3) is 13.2. The number of β-amino-alcohol motifs (C(OH)–C–C–N with tert-alkyl or cyclic N) is 1. The minimum absolute atomic E-state index is 0.0333. The third-order valence-corrected chi connectivity index (χ3v) is 20.3. The molecule has 448 valence electrons. The molecule has 0 saturated heterocycles. The Kier molecular flexibility index (Phi) is 18.9. The summed E-state index contributed by atoms with van der Waals surface area (Å²) in [6.07, 6.45) is 16.0. The molecule has 9 N–H and O–H groups in total. The van der Waals surface area contributed by atoms with Crippen LogP contribution < -0.4 is 20.7 Å². The fourth-order valence-electron chi connectivity index (χ4n) is 15.7. The Morgan fingerprint density at radius 2 is 1.67 bits per heavy atom. The van der Waals surface area contributed by atoms with E-state index >= 15 is 4.79 Å². The minimum atomic E-state index is -1.86. The van der Waals surface area contributed by atoms with Gasteiger partial charge in [0.2, 0.25) is 0 Å². The van der Waals surface area contributed by atoms with E-state index in [1.54, 1.807) is 12.1 Å². The lowest BCUT2D eigenvalue weighted by Gasteiger charge is -2.51. The number of carbonyl (C=O) groups excluding carboxylic acids is 2. The van der Waals surface area contributed by atoms with Crippen molar-refractivity contribution >= 4 is 28.0 Å². The number of dihydropyridines is 1. The summed E-state index contributed by atoms with van der Waals surface area (Å²) in [5, 5.41) is 73.3. The highest BCUT2D eigenvalue weighted by Crippen LogP contribution is 2.55. The molecule has 2 fully saturated rings. The summed E-state index contributed by atoms with van der Waals surface area (Å²) in [5.41, 5.74) is 6.32. The van der Waals surface area contributed by atoms with E-state index in [1.807, 2.05) is 60.7 Å². The Bertz CT molecular complexity index is 3400. The Balaban J connectivity index is 1.07. The van der Waals surface area contributed by atoms with Crippen LogP contribution in [0.3, 0.4) is 0 Å². The first-order valence-electron chi connectivity index (χ1n) is 31.9. The lowest BCUT2D eigenvalue weighted by Crippen LogP contribution is -2.54. The number of phenolic OH excluding ortho intramolecular Hbond substituents is 2. The van der Waals surface area contributed by atoms with Gasteiger partial charge in [-0.15, -0.1) is 5.92 Å². The van der Waals surface area contributed by atoms with E-state index in [0.717, 1.165) is 121 Å². The van der Waals surface area contributed by atoms with Crippen molar-refractivity contribution in [1.29, 1.82) is 0 Å². The number of benzene rings is 4. The van der Waals surface area contributed by atoms with Gasteiger partial charge in [-0.3, -0.25) is 9.59 Å². The molecule has 85 heavy (non-hydrogen) atoms. The largest absolute Gasteiger partial charge is 0.507 e. The van der Waals surface area contributed by atoms with E-state index < -0.39 is 53.0 Å². The summed E-state index contributed by atoms with van der Waals surface area (Å²) in [4.78, 5) is 33.9. The van der Waals surface area contributed by atoms with Gasteiger partial charge < -0.3 is 51.2 Å². The Hall–Kier alpha value is -6.80. The number of ketones is 2. The molecule has 0 amide bonds. The predicted octanol–water partition coefficient (Wildman–Crippen LogP) is 11.8. The predicted molar refractivity (Wildman–Crippen MR) is 335 cm³/mol. The number of phenols is 2. The van der Waals surface area contributed by atoms with Gasteiger partial charge in [0.15, 0.2) is 29.2 Å². The average molecular weight is 1150 g/mol. The maximum absolute atomic E-state index is 15.6. The summed E-state index contributed by atoms with van der Waals surface area (Å²) in [7, 11) is 1.49. The molecule has 3 heterocycles. The van der Waals surface area contributed by atoms with Crippen LogP contribution in [0.1, 0.15) is 162 Å².